The molecule has 1 aromatic heterocycles. The van der Waals surface area contributed by atoms with Crippen molar-refractivity contribution in [2.24, 2.45) is 5.41 Å². The number of aliphatic hydroxyl groups excluding tert-OH is 1. The maximum Gasteiger partial charge on any atom is 0.231 e. The minimum atomic E-state index is -0.455. The summed E-state index contributed by atoms with van der Waals surface area (Å²) in [5, 5.41) is 11.2. The van der Waals surface area contributed by atoms with Gasteiger partial charge in [0.2, 0.25) is 5.91 Å². The molecule has 1 N–H and O–H groups in total. The van der Waals surface area contributed by atoms with Crippen molar-refractivity contribution in [3.05, 3.63) is 20.8 Å². The molecular weight excluding hydrogens is 290 g/mol. The van der Waals surface area contributed by atoms with Crippen LogP contribution in [0.15, 0.2) is 15.9 Å². The van der Waals surface area contributed by atoms with Gasteiger partial charge in [0.1, 0.15) is 0 Å². The van der Waals surface area contributed by atoms with Gasteiger partial charge in [-0.3, -0.25) is 4.79 Å². The number of amides is 1. The van der Waals surface area contributed by atoms with E-state index >= 15 is 0 Å². The Morgan fingerprint density at radius 2 is 2.38 bits per heavy atom. The highest BCUT2D eigenvalue weighted by Gasteiger charge is 2.50. The number of hydrogen-bond acceptors (Lipinski definition) is 3. The summed E-state index contributed by atoms with van der Waals surface area (Å²) in [6.07, 6.45) is 1.64. The highest BCUT2D eigenvalue weighted by Crippen LogP contribution is 2.46. The van der Waals surface area contributed by atoms with Crippen LogP contribution in [0.5, 0.6) is 0 Å². The molecule has 0 spiro atoms. The van der Waals surface area contributed by atoms with Crippen LogP contribution in [0.3, 0.4) is 0 Å². The van der Waals surface area contributed by atoms with E-state index in [2.05, 4.69) is 15.9 Å². The van der Waals surface area contributed by atoms with Crippen LogP contribution < -0.4 is 0 Å². The Hall–Kier alpha value is -0.390. The van der Waals surface area contributed by atoms with Crippen LogP contribution in [0, 0.1) is 5.41 Å². The van der Waals surface area contributed by atoms with Crippen LogP contribution in [-0.4, -0.2) is 29.6 Å². The van der Waals surface area contributed by atoms with Crippen molar-refractivity contribution in [1.29, 1.82) is 0 Å². The predicted molar refractivity (Wildman–Crippen MR) is 67.2 cm³/mol. The quantitative estimate of drug-likeness (QED) is 0.927. The fourth-order valence-corrected chi connectivity index (χ4v) is 3.24. The average molecular weight is 304 g/mol. The Bertz CT molecular complexity index is 400. The van der Waals surface area contributed by atoms with E-state index in [1.807, 2.05) is 11.4 Å². The SMILES string of the molecule is CN(Cc1cc(Br)cs1)C(=O)C1(CO)CC1. The number of nitrogens with zero attached hydrogens (tertiary/aromatic N) is 1. The van der Waals surface area contributed by atoms with Crippen molar-refractivity contribution >= 4 is 33.2 Å². The van der Waals surface area contributed by atoms with E-state index in [9.17, 15) is 9.90 Å². The predicted octanol–water partition coefficient (Wildman–Crippen LogP) is 2.24. The maximum absolute atomic E-state index is 12.0. The molecule has 5 heteroatoms. The van der Waals surface area contributed by atoms with E-state index in [1.54, 1.807) is 23.3 Å². The number of halogens is 1. The van der Waals surface area contributed by atoms with Gasteiger partial charge in [-0.15, -0.1) is 11.3 Å². The number of thiophene rings is 1. The minimum absolute atomic E-state index is 0.0235. The minimum Gasteiger partial charge on any atom is -0.395 e. The lowest BCUT2D eigenvalue weighted by Gasteiger charge is -2.21. The number of hydrogen-bond donors (Lipinski definition) is 1. The second-order valence-corrected chi connectivity index (χ2v) is 6.24. The number of carbonyl (C=O) groups is 1. The van der Waals surface area contributed by atoms with Gasteiger partial charge in [0.15, 0.2) is 0 Å². The van der Waals surface area contributed by atoms with E-state index in [4.69, 9.17) is 0 Å². The zero-order chi connectivity index (χ0) is 11.8. The van der Waals surface area contributed by atoms with Crippen LogP contribution in [0.1, 0.15) is 17.7 Å². The normalized spacial score (nSPS) is 17.2. The fraction of sp³-hybridized carbons (Fsp3) is 0.545. The number of carbonyl (C=O) groups excluding carboxylic acids is 1. The molecule has 1 saturated carbocycles. The molecule has 0 unspecified atom stereocenters. The van der Waals surface area contributed by atoms with Crippen molar-refractivity contribution in [3.8, 4) is 0 Å². The molecule has 1 fully saturated rings. The summed E-state index contributed by atoms with van der Waals surface area (Å²) in [6.45, 7) is 0.598. The van der Waals surface area contributed by atoms with E-state index in [0.717, 1.165) is 22.2 Å². The first-order chi connectivity index (χ1) is 7.57. The van der Waals surface area contributed by atoms with E-state index in [0.29, 0.717) is 6.54 Å². The number of rotatable bonds is 4. The largest absolute Gasteiger partial charge is 0.395 e. The van der Waals surface area contributed by atoms with Gasteiger partial charge in [-0.05, 0) is 34.8 Å². The van der Waals surface area contributed by atoms with E-state index in [-0.39, 0.29) is 12.5 Å². The highest BCUT2D eigenvalue weighted by atomic mass is 79.9. The molecular formula is C11H14BrNO2S. The van der Waals surface area contributed by atoms with Gasteiger partial charge < -0.3 is 10.0 Å². The second-order valence-electron chi connectivity index (χ2n) is 4.33. The first kappa shape index (κ1) is 12.1. The lowest BCUT2D eigenvalue weighted by atomic mass is 10.1. The lowest BCUT2D eigenvalue weighted by molar-refractivity contribution is -0.137. The molecule has 0 bridgehead atoms. The monoisotopic (exact) mass is 303 g/mol. The first-order valence-corrected chi connectivity index (χ1v) is 6.84. The zero-order valence-corrected chi connectivity index (χ0v) is 11.5. The third-order valence-electron chi connectivity index (χ3n) is 2.97. The lowest BCUT2D eigenvalue weighted by Crippen LogP contribution is -2.35. The van der Waals surface area contributed by atoms with Crippen LogP contribution >= 0.6 is 27.3 Å². The highest BCUT2D eigenvalue weighted by molar-refractivity contribution is 9.10. The molecule has 2 rings (SSSR count). The molecule has 0 saturated heterocycles. The molecule has 1 amide bonds. The van der Waals surface area contributed by atoms with Crippen molar-refractivity contribution < 1.29 is 9.90 Å². The molecule has 0 aromatic carbocycles. The molecule has 3 nitrogen and oxygen atoms in total. The Labute approximate surface area is 107 Å². The zero-order valence-electron chi connectivity index (χ0n) is 9.07. The maximum atomic E-state index is 12.0. The van der Waals surface area contributed by atoms with E-state index < -0.39 is 5.41 Å². The third kappa shape index (κ3) is 2.31. The second kappa shape index (κ2) is 4.47. The summed E-state index contributed by atoms with van der Waals surface area (Å²) in [4.78, 5) is 14.9. The summed E-state index contributed by atoms with van der Waals surface area (Å²) in [5.74, 6) is 0.0690. The summed E-state index contributed by atoms with van der Waals surface area (Å²) in [6, 6.07) is 2.02. The standard InChI is InChI=1S/C11H14BrNO2S/c1-13(5-9-4-8(12)6-16-9)10(15)11(7-14)2-3-11/h4,6,14H,2-3,5,7H2,1H3. The third-order valence-corrected chi connectivity index (χ3v) is 4.65. The summed E-state index contributed by atoms with van der Waals surface area (Å²) < 4.78 is 1.05. The van der Waals surface area contributed by atoms with Crippen molar-refractivity contribution in [3.63, 3.8) is 0 Å². The van der Waals surface area contributed by atoms with Gasteiger partial charge in [-0.25, -0.2) is 0 Å². The molecule has 16 heavy (non-hydrogen) atoms. The van der Waals surface area contributed by atoms with Gasteiger partial charge in [0, 0.05) is 21.8 Å². The fourth-order valence-electron chi connectivity index (χ4n) is 1.74. The van der Waals surface area contributed by atoms with Gasteiger partial charge in [0.05, 0.1) is 18.6 Å². The topological polar surface area (TPSA) is 40.5 Å². The van der Waals surface area contributed by atoms with Crippen LogP contribution in [0.2, 0.25) is 0 Å². The summed E-state index contributed by atoms with van der Waals surface area (Å²) in [5.41, 5.74) is -0.455. The Morgan fingerprint density at radius 3 is 2.81 bits per heavy atom. The number of aliphatic hydroxyl groups is 1. The van der Waals surface area contributed by atoms with Gasteiger partial charge >= 0.3 is 0 Å². The molecule has 1 aromatic rings. The van der Waals surface area contributed by atoms with E-state index in [1.165, 1.54) is 0 Å². The van der Waals surface area contributed by atoms with Crippen molar-refractivity contribution in [2.75, 3.05) is 13.7 Å². The van der Waals surface area contributed by atoms with Gasteiger partial charge in [0.25, 0.3) is 0 Å². The summed E-state index contributed by atoms with van der Waals surface area (Å²) in [7, 11) is 1.80. The molecule has 0 aliphatic heterocycles. The Kier molecular flexibility index (Phi) is 3.37. The van der Waals surface area contributed by atoms with Crippen molar-refractivity contribution in [1.82, 2.24) is 4.90 Å². The van der Waals surface area contributed by atoms with Crippen LogP contribution in [-0.2, 0) is 11.3 Å². The molecule has 0 radical (unpaired) electrons. The molecule has 0 atom stereocenters. The Morgan fingerprint density at radius 1 is 1.69 bits per heavy atom. The first-order valence-electron chi connectivity index (χ1n) is 5.17. The molecule has 1 aliphatic carbocycles. The van der Waals surface area contributed by atoms with Gasteiger partial charge in [-0.2, -0.15) is 0 Å². The molecule has 88 valence electrons. The van der Waals surface area contributed by atoms with Gasteiger partial charge in [-0.1, -0.05) is 0 Å². The van der Waals surface area contributed by atoms with Crippen LogP contribution in [0.25, 0.3) is 0 Å². The Balaban J connectivity index is 1.98. The molecule has 1 heterocycles. The molecule has 1 aliphatic rings. The average Bonchev–Trinajstić information content (AvgIpc) is 2.97. The smallest absolute Gasteiger partial charge is 0.231 e. The van der Waals surface area contributed by atoms with Crippen molar-refractivity contribution in [2.45, 2.75) is 19.4 Å². The van der Waals surface area contributed by atoms with Crippen LogP contribution in [0.4, 0.5) is 0 Å². The summed E-state index contributed by atoms with van der Waals surface area (Å²) >= 11 is 5.02.